The van der Waals surface area contributed by atoms with Crippen molar-refractivity contribution in [3.05, 3.63) is 27.0 Å². The van der Waals surface area contributed by atoms with Crippen LogP contribution in [0.1, 0.15) is 55.1 Å². The van der Waals surface area contributed by atoms with Gasteiger partial charge in [0.25, 0.3) is 5.56 Å². The number of rotatable bonds is 5. The Morgan fingerprint density at radius 3 is 2.50 bits per heavy atom. The molecule has 0 saturated heterocycles. The summed E-state index contributed by atoms with van der Waals surface area (Å²) in [4.78, 5) is 24.3. The molecule has 0 aliphatic heterocycles. The van der Waals surface area contributed by atoms with E-state index in [-0.39, 0.29) is 47.2 Å². The van der Waals surface area contributed by atoms with Gasteiger partial charge < -0.3 is 5.11 Å². The third-order valence-electron chi connectivity index (χ3n) is 3.12. The molecule has 20 heavy (non-hydrogen) atoms. The van der Waals surface area contributed by atoms with Crippen molar-refractivity contribution in [2.45, 2.75) is 47.1 Å². The van der Waals surface area contributed by atoms with Gasteiger partial charge in [0.2, 0.25) is 5.88 Å². The van der Waals surface area contributed by atoms with E-state index in [4.69, 9.17) is 5.26 Å². The van der Waals surface area contributed by atoms with Crippen molar-refractivity contribution >= 4 is 5.78 Å². The standard InChI is InChI=1S/C15H20N2O3/c1-5-6-17-14(19)11(8-16)10(4)13(15(17)20)12(18)7-9(2)3/h9,20H,5-7H2,1-4H3. The van der Waals surface area contributed by atoms with Crippen LogP contribution in [0.3, 0.4) is 0 Å². The van der Waals surface area contributed by atoms with Crippen LogP contribution < -0.4 is 5.56 Å². The zero-order chi connectivity index (χ0) is 15.4. The van der Waals surface area contributed by atoms with Gasteiger partial charge in [0.05, 0.1) is 5.56 Å². The molecule has 0 aromatic carbocycles. The second kappa shape index (κ2) is 6.38. The summed E-state index contributed by atoms with van der Waals surface area (Å²) in [5, 5.41) is 19.3. The van der Waals surface area contributed by atoms with E-state index in [1.165, 1.54) is 6.92 Å². The van der Waals surface area contributed by atoms with Crippen LogP contribution in [0.4, 0.5) is 0 Å². The lowest BCUT2D eigenvalue weighted by Gasteiger charge is -2.15. The van der Waals surface area contributed by atoms with Gasteiger partial charge in [-0.25, -0.2) is 0 Å². The summed E-state index contributed by atoms with van der Waals surface area (Å²) in [5.41, 5.74) is -0.231. The number of nitrogens with zero attached hydrogens (tertiary/aromatic N) is 2. The van der Waals surface area contributed by atoms with Crippen LogP contribution in [0.25, 0.3) is 0 Å². The first-order chi connectivity index (χ1) is 9.34. The molecule has 5 heteroatoms. The lowest BCUT2D eigenvalue weighted by molar-refractivity contribution is 0.0962. The molecule has 0 atom stereocenters. The fraction of sp³-hybridized carbons (Fsp3) is 0.533. The van der Waals surface area contributed by atoms with E-state index >= 15 is 0 Å². The van der Waals surface area contributed by atoms with Gasteiger partial charge in [0.1, 0.15) is 11.6 Å². The molecular weight excluding hydrogens is 256 g/mol. The lowest BCUT2D eigenvalue weighted by Crippen LogP contribution is -2.26. The van der Waals surface area contributed by atoms with E-state index in [1.54, 1.807) is 0 Å². The van der Waals surface area contributed by atoms with Gasteiger partial charge >= 0.3 is 0 Å². The largest absolute Gasteiger partial charge is 0.494 e. The van der Waals surface area contributed by atoms with Crippen LogP contribution in [0.2, 0.25) is 0 Å². The number of carbonyl (C=O) groups excluding carboxylic acids is 1. The van der Waals surface area contributed by atoms with Gasteiger partial charge in [0, 0.05) is 13.0 Å². The topological polar surface area (TPSA) is 83.1 Å². The van der Waals surface area contributed by atoms with Crippen LogP contribution in [0.5, 0.6) is 5.88 Å². The molecule has 0 amide bonds. The lowest BCUT2D eigenvalue weighted by atomic mass is 9.96. The van der Waals surface area contributed by atoms with E-state index in [1.807, 2.05) is 26.8 Å². The van der Waals surface area contributed by atoms with Gasteiger partial charge in [-0.2, -0.15) is 5.26 Å². The zero-order valence-electron chi connectivity index (χ0n) is 12.4. The number of aromatic hydroxyl groups is 1. The Morgan fingerprint density at radius 2 is 2.05 bits per heavy atom. The Bertz CT molecular complexity index is 621. The fourth-order valence-corrected chi connectivity index (χ4v) is 2.19. The first-order valence-electron chi connectivity index (χ1n) is 6.74. The number of aromatic nitrogens is 1. The van der Waals surface area contributed by atoms with Crippen molar-refractivity contribution in [3.8, 4) is 11.9 Å². The number of hydrogen-bond donors (Lipinski definition) is 1. The Kier molecular flexibility index (Phi) is 5.09. The molecule has 0 spiro atoms. The molecule has 0 radical (unpaired) electrons. The van der Waals surface area contributed by atoms with Crippen LogP contribution in [0, 0.1) is 24.2 Å². The van der Waals surface area contributed by atoms with E-state index in [0.717, 1.165) is 4.57 Å². The van der Waals surface area contributed by atoms with E-state index < -0.39 is 5.56 Å². The number of Topliss-reactive ketones (excluding diaryl/α,β-unsaturated/α-hetero) is 1. The number of carbonyl (C=O) groups is 1. The zero-order valence-corrected chi connectivity index (χ0v) is 12.4. The molecule has 1 N–H and O–H groups in total. The molecule has 1 aromatic rings. The molecule has 0 bridgehead atoms. The molecule has 1 rings (SSSR count). The fourth-order valence-electron chi connectivity index (χ4n) is 2.19. The highest BCUT2D eigenvalue weighted by molar-refractivity contribution is 6.00. The Labute approximate surface area is 118 Å². The van der Waals surface area contributed by atoms with E-state index in [2.05, 4.69) is 0 Å². The minimum Gasteiger partial charge on any atom is -0.494 e. The summed E-state index contributed by atoms with van der Waals surface area (Å²) in [6, 6.07) is 1.84. The van der Waals surface area contributed by atoms with Crippen molar-refractivity contribution in [1.82, 2.24) is 4.57 Å². The molecule has 0 fully saturated rings. The first kappa shape index (κ1) is 16.0. The predicted molar refractivity (Wildman–Crippen MR) is 75.9 cm³/mol. The van der Waals surface area contributed by atoms with Crippen molar-refractivity contribution in [2.75, 3.05) is 0 Å². The molecule has 1 aromatic heterocycles. The van der Waals surface area contributed by atoms with Gasteiger partial charge in [-0.1, -0.05) is 20.8 Å². The number of ketones is 1. The van der Waals surface area contributed by atoms with Crippen molar-refractivity contribution < 1.29 is 9.90 Å². The summed E-state index contributed by atoms with van der Waals surface area (Å²) in [6.07, 6.45) is 0.892. The molecule has 0 unspecified atom stereocenters. The molecule has 108 valence electrons. The third-order valence-corrected chi connectivity index (χ3v) is 3.12. The van der Waals surface area contributed by atoms with Crippen molar-refractivity contribution in [3.63, 3.8) is 0 Å². The van der Waals surface area contributed by atoms with Crippen LogP contribution in [0.15, 0.2) is 4.79 Å². The predicted octanol–water partition coefficient (Wildman–Crippen LogP) is 2.37. The van der Waals surface area contributed by atoms with Crippen LogP contribution in [-0.4, -0.2) is 15.5 Å². The third kappa shape index (κ3) is 2.90. The first-order valence-corrected chi connectivity index (χ1v) is 6.74. The van der Waals surface area contributed by atoms with E-state index in [0.29, 0.717) is 6.42 Å². The summed E-state index contributed by atoms with van der Waals surface area (Å²) >= 11 is 0. The van der Waals surface area contributed by atoms with Gasteiger partial charge in [0.15, 0.2) is 5.78 Å². The Hall–Kier alpha value is -2.09. The summed E-state index contributed by atoms with van der Waals surface area (Å²) in [5.74, 6) is -0.422. The molecule has 0 aliphatic rings. The average Bonchev–Trinajstić information content (AvgIpc) is 2.34. The second-order valence-corrected chi connectivity index (χ2v) is 5.29. The molecule has 0 saturated carbocycles. The van der Waals surface area contributed by atoms with Gasteiger partial charge in [-0.15, -0.1) is 0 Å². The highest BCUT2D eigenvalue weighted by atomic mass is 16.3. The Morgan fingerprint density at radius 1 is 1.45 bits per heavy atom. The van der Waals surface area contributed by atoms with Crippen LogP contribution >= 0.6 is 0 Å². The highest BCUT2D eigenvalue weighted by Crippen LogP contribution is 2.24. The second-order valence-electron chi connectivity index (χ2n) is 5.29. The maximum atomic E-state index is 12.2. The molecular formula is C15H20N2O3. The molecule has 5 nitrogen and oxygen atoms in total. The number of hydrogen-bond acceptors (Lipinski definition) is 4. The summed E-state index contributed by atoms with van der Waals surface area (Å²) < 4.78 is 1.11. The SMILES string of the molecule is CCCn1c(O)c(C(=O)CC(C)C)c(C)c(C#N)c1=O. The van der Waals surface area contributed by atoms with Gasteiger partial charge in [-0.05, 0) is 24.8 Å². The molecule has 1 heterocycles. The highest BCUT2D eigenvalue weighted by Gasteiger charge is 2.23. The minimum atomic E-state index is -0.537. The van der Waals surface area contributed by atoms with Crippen LogP contribution in [-0.2, 0) is 6.54 Å². The maximum absolute atomic E-state index is 12.2. The maximum Gasteiger partial charge on any atom is 0.271 e. The summed E-state index contributed by atoms with van der Waals surface area (Å²) in [6.45, 7) is 7.47. The number of nitriles is 1. The van der Waals surface area contributed by atoms with E-state index in [9.17, 15) is 14.7 Å². The smallest absolute Gasteiger partial charge is 0.271 e. The van der Waals surface area contributed by atoms with Crippen molar-refractivity contribution in [1.29, 1.82) is 5.26 Å². The minimum absolute atomic E-state index is 0.0663. The number of pyridine rings is 1. The monoisotopic (exact) mass is 276 g/mol. The summed E-state index contributed by atoms with van der Waals surface area (Å²) in [7, 11) is 0. The quantitative estimate of drug-likeness (QED) is 0.837. The average molecular weight is 276 g/mol. The normalized spacial score (nSPS) is 10.6. The molecule has 0 aliphatic carbocycles. The van der Waals surface area contributed by atoms with Gasteiger partial charge in [-0.3, -0.25) is 14.2 Å². The van der Waals surface area contributed by atoms with Crippen molar-refractivity contribution in [2.24, 2.45) is 5.92 Å². The Balaban J connectivity index is 3.60.